The van der Waals surface area contributed by atoms with Crippen LogP contribution in [0.3, 0.4) is 0 Å². The Morgan fingerprint density at radius 3 is 2.74 bits per heavy atom. The minimum Gasteiger partial charge on any atom is -0.399 e. The average molecular weight is 267 g/mol. The second-order valence-corrected chi connectivity index (χ2v) is 5.23. The highest BCUT2D eigenvalue weighted by atomic mass is 32.1. The molecule has 0 aliphatic carbocycles. The Balaban J connectivity index is 1.82. The van der Waals surface area contributed by atoms with Crippen molar-refractivity contribution in [2.24, 2.45) is 0 Å². The SMILES string of the molecule is Nc1cccc(Cc2nc(-c3ccncc3)cs2)c1. The van der Waals surface area contributed by atoms with Crippen molar-refractivity contribution in [3.63, 3.8) is 0 Å². The summed E-state index contributed by atoms with van der Waals surface area (Å²) in [7, 11) is 0. The zero-order chi connectivity index (χ0) is 13.1. The normalized spacial score (nSPS) is 10.5. The van der Waals surface area contributed by atoms with E-state index in [1.165, 1.54) is 5.56 Å². The van der Waals surface area contributed by atoms with Gasteiger partial charge in [-0.05, 0) is 29.8 Å². The topological polar surface area (TPSA) is 51.8 Å². The first-order valence-electron chi connectivity index (χ1n) is 6.00. The fraction of sp³-hybridized carbons (Fsp3) is 0.0667. The van der Waals surface area contributed by atoms with Crippen LogP contribution in [0.15, 0.2) is 54.2 Å². The lowest BCUT2D eigenvalue weighted by Gasteiger charge is -1.99. The first kappa shape index (κ1) is 11.9. The molecule has 3 nitrogen and oxygen atoms in total. The van der Waals surface area contributed by atoms with E-state index in [4.69, 9.17) is 5.73 Å². The lowest BCUT2D eigenvalue weighted by Crippen LogP contribution is -1.90. The Labute approximate surface area is 115 Å². The molecular formula is C15H13N3S. The maximum absolute atomic E-state index is 5.78. The van der Waals surface area contributed by atoms with Crippen molar-refractivity contribution in [2.45, 2.75) is 6.42 Å². The van der Waals surface area contributed by atoms with Crippen LogP contribution in [0.4, 0.5) is 5.69 Å². The summed E-state index contributed by atoms with van der Waals surface area (Å²) in [6, 6.07) is 11.9. The first-order chi connectivity index (χ1) is 9.31. The second kappa shape index (κ2) is 5.20. The molecule has 2 N–H and O–H groups in total. The summed E-state index contributed by atoms with van der Waals surface area (Å²) in [6.45, 7) is 0. The highest BCUT2D eigenvalue weighted by molar-refractivity contribution is 7.10. The number of benzene rings is 1. The van der Waals surface area contributed by atoms with Gasteiger partial charge in [-0.1, -0.05) is 12.1 Å². The van der Waals surface area contributed by atoms with Crippen LogP contribution in [0.25, 0.3) is 11.3 Å². The molecule has 94 valence electrons. The van der Waals surface area contributed by atoms with E-state index in [2.05, 4.69) is 21.4 Å². The molecule has 0 aliphatic rings. The Kier molecular flexibility index (Phi) is 3.25. The second-order valence-electron chi connectivity index (χ2n) is 4.28. The predicted molar refractivity (Wildman–Crippen MR) is 79.0 cm³/mol. The van der Waals surface area contributed by atoms with Crippen LogP contribution < -0.4 is 5.73 Å². The number of nitrogen functional groups attached to an aromatic ring is 1. The molecule has 4 heteroatoms. The Morgan fingerprint density at radius 2 is 1.95 bits per heavy atom. The van der Waals surface area contributed by atoms with Crippen molar-refractivity contribution >= 4 is 17.0 Å². The lowest BCUT2D eigenvalue weighted by molar-refractivity contribution is 1.14. The van der Waals surface area contributed by atoms with Gasteiger partial charge in [-0.25, -0.2) is 4.98 Å². The summed E-state index contributed by atoms with van der Waals surface area (Å²) in [5.41, 5.74) is 9.88. The van der Waals surface area contributed by atoms with E-state index in [-0.39, 0.29) is 0 Å². The summed E-state index contributed by atoms with van der Waals surface area (Å²) >= 11 is 1.67. The van der Waals surface area contributed by atoms with Gasteiger partial charge in [-0.3, -0.25) is 4.98 Å². The number of nitrogens with zero attached hydrogens (tertiary/aromatic N) is 2. The molecule has 0 aliphatic heterocycles. The molecule has 2 heterocycles. The minimum absolute atomic E-state index is 0.795. The van der Waals surface area contributed by atoms with Crippen molar-refractivity contribution in [1.82, 2.24) is 9.97 Å². The zero-order valence-electron chi connectivity index (χ0n) is 10.3. The zero-order valence-corrected chi connectivity index (χ0v) is 11.1. The molecule has 3 aromatic rings. The third-order valence-corrected chi connectivity index (χ3v) is 3.68. The molecule has 0 fully saturated rings. The van der Waals surface area contributed by atoms with Crippen molar-refractivity contribution < 1.29 is 0 Å². The third-order valence-electron chi connectivity index (χ3n) is 2.83. The standard InChI is InChI=1S/C15H13N3S/c16-13-3-1-2-11(8-13)9-15-18-14(10-19-15)12-4-6-17-7-5-12/h1-8,10H,9,16H2. The van der Waals surface area contributed by atoms with E-state index >= 15 is 0 Å². The van der Waals surface area contributed by atoms with Gasteiger partial charge in [0.1, 0.15) is 0 Å². The van der Waals surface area contributed by atoms with E-state index in [0.717, 1.165) is 28.4 Å². The maximum atomic E-state index is 5.78. The molecule has 0 atom stereocenters. The number of anilines is 1. The molecule has 2 aromatic heterocycles. The van der Waals surface area contributed by atoms with Crippen LogP contribution in [-0.4, -0.2) is 9.97 Å². The smallest absolute Gasteiger partial charge is 0.0976 e. The number of rotatable bonds is 3. The van der Waals surface area contributed by atoms with E-state index in [1.807, 2.05) is 30.3 Å². The average Bonchev–Trinajstić information content (AvgIpc) is 2.88. The number of nitrogens with two attached hydrogens (primary N) is 1. The van der Waals surface area contributed by atoms with Gasteiger partial charge in [0.25, 0.3) is 0 Å². The van der Waals surface area contributed by atoms with Gasteiger partial charge in [0.05, 0.1) is 10.7 Å². The third kappa shape index (κ3) is 2.80. The van der Waals surface area contributed by atoms with Crippen LogP contribution in [0.1, 0.15) is 10.6 Å². The van der Waals surface area contributed by atoms with Crippen molar-refractivity contribution in [3.05, 3.63) is 64.7 Å². The predicted octanol–water partition coefficient (Wildman–Crippen LogP) is 3.38. The van der Waals surface area contributed by atoms with E-state index in [9.17, 15) is 0 Å². The molecule has 1 aromatic carbocycles. The Bertz CT molecular complexity index is 677. The van der Waals surface area contributed by atoms with E-state index in [1.54, 1.807) is 23.7 Å². The molecule has 0 bridgehead atoms. The van der Waals surface area contributed by atoms with Crippen LogP contribution in [-0.2, 0) is 6.42 Å². The molecule has 19 heavy (non-hydrogen) atoms. The van der Waals surface area contributed by atoms with E-state index < -0.39 is 0 Å². The molecule has 0 radical (unpaired) electrons. The highest BCUT2D eigenvalue weighted by Crippen LogP contribution is 2.23. The molecular weight excluding hydrogens is 254 g/mol. The van der Waals surface area contributed by atoms with Crippen molar-refractivity contribution in [3.8, 4) is 11.3 Å². The van der Waals surface area contributed by atoms with Crippen LogP contribution >= 0.6 is 11.3 Å². The van der Waals surface area contributed by atoms with E-state index in [0.29, 0.717) is 0 Å². The van der Waals surface area contributed by atoms with Crippen LogP contribution in [0.2, 0.25) is 0 Å². The van der Waals surface area contributed by atoms with Gasteiger partial charge in [0.2, 0.25) is 0 Å². The maximum Gasteiger partial charge on any atom is 0.0976 e. The molecule has 0 saturated heterocycles. The van der Waals surface area contributed by atoms with Crippen molar-refractivity contribution in [1.29, 1.82) is 0 Å². The summed E-state index contributed by atoms with van der Waals surface area (Å²) in [6.07, 6.45) is 4.39. The number of hydrogen-bond donors (Lipinski definition) is 1. The molecule has 0 amide bonds. The first-order valence-corrected chi connectivity index (χ1v) is 6.88. The summed E-state index contributed by atoms with van der Waals surface area (Å²) in [5.74, 6) is 0. The van der Waals surface area contributed by atoms with Gasteiger partial charge in [-0.2, -0.15) is 0 Å². The molecule has 3 rings (SSSR count). The largest absolute Gasteiger partial charge is 0.399 e. The fourth-order valence-electron chi connectivity index (χ4n) is 1.93. The highest BCUT2D eigenvalue weighted by Gasteiger charge is 2.05. The van der Waals surface area contributed by atoms with Gasteiger partial charge < -0.3 is 5.73 Å². The fourth-order valence-corrected chi connectivity index (χ4v) is 2.76. The number of pyridine rings is 1. The van der Waals surface area contributed by atoms with Gasteiger partial charge in [0, 0.05) is 35.4 Å². The molecule has 0 unspecified atom stereocenters. The summed E-state index contributed by atoms with van der Waals surface area (Å²) in [5, 5.41) is 3.18. The number of aromatic nitrogens is 2. The Hall–Kier alpha value is -2.20. The van der Waals surface area contributed by atoms with Crippen LogP contribution in [0.5, 0.6) is 0 Å². The van der Waals surface area contributed by atoms with Crippen molar-refractivity contribution in [2.75, 3.05) is 5.73 Å². The quantitative estimate of drug-likeness (QED) is 0.740. The monoisotopic (exact) mass is 267 g/mol. The molecule has 0 saturated carbocycles. The number of thiazole rings is 1. The van der Waals surface area contributed by atoms with Crippen LogP contribution in [0, 0.1) is 0 Å². The Morgan fingerprint density at radius 1 is 1.11 bits per heavy atom. The number of hydrogen-bond acceptors (Lipinski definition) is 4. The molecule has 0 spiro atoms. The van der Waals surface area contributed by atoms with Gasteiger partial charge in [0.15, 0.2) is 0 Å². The summed E-state index contributed by atoms with van der Waals surface area (Å²) < 4.78 is 0. The minimum atomic E-state index is 0.795. The van der Waals surface area contributed by atoms with Gasteiger partial charge in [-0.15, -0.1) is 11.3 Å². The lowest BCUT2D eigenvalue weighted by atomic mass is 10.1. The van der Waals surface area contributed by atoms with Gasteiger partial charge >= 0.3 is 0 Å². The summed E-state index contributed by atoms with van der Waals surface area (Å²) in [4.78, 5) is 8.67.